The van der Waals surface area contributed by atoms with Crippen LogP contribution in [0.5, 0.6) is 5.88 Å². The minimum absolute atomic E-state index is 0.00276. The zero-order valence-electron chi connectivity index (χ0n) is 19.8. The molecule has 2 N–H and O–H groups in total. The molecule has 9 nitrogen and oxygen atoms in total. The summed E-state index contributed by atoms with van der Waals surface area (Å²) >= 11 is 0. The number of carbonyl (C=O) groups is 2. The summed E-state index contributed by atoms with van der Waals surface area (Å²) in [6, 6.07) is 1.62. The van der Waals surface area contributed by atoms with Gasteiger partial charge in [-0.2, -0.15) is 5.26 Å². The van der Waals surface area contributed by atoms with Gasteiger partial charge in [0.15, 0.2) is 0 Å². The molecule has 178 valence electrons. The van der Waals surface area contributed by atoms with Gasteiger partial charge in [0.2, 0.25) is 17.7 Å². The van der Waals surface area contributed by atoms with Crippen LogP contribution in [-0.2, 0) is 9.59 Å². The first-order chi connectivity index (χ1) is 15.8. The number of nitrogens with one attached hydrogen (secondary N) is 2. The Morgan fingerprint density at radius 3 is 2.58 bits per heavy atom. The highest BCUT2D eigenvalue weighted by Crippen LogP contribution is 2.32. The third-order valence-corrected chi connectivity index (χ3v) is 6.88. The predicted molar refractivity (Wildman–Crippen MR) is 122 cm³/mol. The number of fused-ring (bicyclic) bond motifs is 1. The first kappa shape index (κ1) is 23.3. The van der Waals surface area contributed by atoms with Crippen LogP contribution in [-0.4, -0.2) is 58.5 Å². The Bertz CT molecular complexity index is 923. The van der Waals surface area contributed by atoms with E-state index >= 15 is 0 Å². The zero-order chi connectivity index (χ0) is 23.6. The number of anilines is 1. The maximum Gasteiger partial charge on any atom is 0.245 e. The molecule has 1 saturated heterocycles. The molecule has 2 aliphatic heterocycles. The summed E-state index contributed by atoms with van der Waals surface area (Å²) < 4.78 is 5.98. The van der Waals surface area contributed by atoms with Crippen LogP contribution in [0.3, 0.4) is 0 Å². The van der Waals surface area contributed by atoms with Crippen LogP contribution in [0.25, 0.3) is 0 Å². The summed E-state index contributed by atoms with van der Waals surface area (Å²) in [6.45, 7) is 7.32. The normalized spacial score (nSPS) is 22.2. The second kappa shape index (κ2) is 9.54. The van der Waals surface area contributed by atoms with Crippen molar-refractivity contribution in [3.05, 3.63) is 11.9 Å². The Morgan fingerprint density at radius 2 is 1.94 bits per heavy atom. The number of hydrogen-bond donors (Lipinski definition) is 2. The first-order valence-electron chi connectivity index (χ1n) is 12.0. The molecule has 1 unspecified atom stereocenters. The molecule has 0 radical (unpaired) electrons. The average molecular weight is 455 g/mol. The molecule has 3 aliphatic rings. The number of rotatable bonds is 5. The van der Waals surface area contributed by atoms with Gasteiger partial charge >= 0.3 is 0 Å². The predicted octanol–water partition coefficient (Wildman–Crippen LogP) is 2.60. The number of aromatic nitrogens is 2. The monoisotopic (exact) mass is 454 g/mol. The van der Waals surface area contributed by atoms with Gasteiger partial charge in [0.05, 0.1) is 12.3 Å². The van der Waals surface area contributed by atoms with Crippen molar-refractivity contribution < 1.29 is 14.3 Å². The second-order valence-corrected chi connectivity index (χ2v) is 10.4. The van der Waals surface area contributed by atoms with Crippen molar-refractivity contribution in [1.29, 1.82) is 5.26 Å². The van der Waals surface area contributed by atoms with Crippen LogP contribution in [0.15, 0.2) is 6.20 Å². The molecular formula is C24H34N6O3. The summed E-state index contributed by atoms with van der Waals surface area (Å²) in [6.07, 6.45) is 7.46. The standard InChI is InChI=1S/C24H34N6O3/c1-24(2,3)20(23(32)30-10-8-15(12-25)9-11-30)29-22(31)17-13-26-21-19(17)28-18(14-27-21)33-16-6-4-5-7-16/h14-17,20H,4-11,13H2,1-3H3,(H,26,27)(H,29,31)/t17?,20-/m0/s1. The van der Waals surface area contributed by atoms with Crippen molar-refractivity contribution in [1.82, 2.24) is 20.2 Å². The van der Waals surface area contributed by atoms with Crippen molar-refractivity contribution >= 4 is 17.6 Å². The number of nitriles is 1. The molecule has 3 heterocycles. The average Bonchev–Trinajstić information content (AvgIpc) is 3.46. The largest absolute Gasteiger partial charge is 0.473 e. The molecule has 1 aromatic heterocycles. The molecule has 1 aromatic rings. The summed E-state index contributed by atoms with van der Waals surface area (Å²) in [5, 5.41) is 15.3. The Hall–Kier alpha value is -2.89. The highest BCUT2D eigenvalue weighted by Gasteiger charge is 2.40. The highest BCUT2D eigenvalue weighted by atomic mass is 16.5. The fraction of sp³-hybridized carbons (Fsp3) is 0.708. The first-order valence-corrected chi connectivity index (χ1v) is 12.0. The van der Waals surface area contributed by atoms with Gasteiger partial charge in [0.1, 0.15) is 29.6 Å². The van der Waals surface area contributed by atoms with E-state index in [-0.39, 0.29) is 23.8 Å². The van der Waals surface area contributed by atoms with E-state index in [9.17, 15) is 9.59 Å². The van der Waals surface area contributed by atoms with Gasteiger partial charge in [-0.1, -0.05) is 20.8 Å². The summed E-state index contributed by atoms with van der Waals surface area (Å²) in [4.78, 5) is 37.5. The SMILES string of the molecule is CC(C)(C)[C@@H](NC(=O)C1CNc2ncc(OC3CCCC3)nc21)C(=O)N1CCC(C#N)CC1. The lowest BCUT2D eigenvalue weighted by atomic mass is 9.84. The molecule has 4 rings (SSSR count). The van der Waals surface area contributed by atoms with E-state index in [1.807, 2.05) is 20.8 Å². The van der Waals surface area contributed by atoms with Crippen molar-refractivity contribution in [3.8, 4) is 11.9 Å². The lowest BCUT2D eigenvalue weighted by molar-refractivity contribution is -0.140. The van der Waals surface area contributed by atoms with E-state index in [0.717, 1.165) is 25.7 Å². The molecule has 0 aromatic carbocycles. The number of piperidine rings is 1. The minimum atomic E-state index is -0.668. The molecule has 1 aliphatic carbocycles. The van der Waals surface area contributed by atoms with E-state index in [1.165, 1.54) is 0 Å². The van der Waals surface area contributed by atoms with Gasteiger partial charge in [-0.25, -0.2) is 9.97 Å². The second-order valence-electron chi connectivity index (χ2n) is 10.4. The van der Waals surface area contributed by atoms with Crippen molar-refractivity contribution in [2.45, 2.75) is 77.4 Å². The maximum absolute atomic E-state index is 13.3. The van der Waals surface area contributed by atoms with Crippen LogP contribution in [0, 0.1) is 22.7 Å². The molecule has 2 fully saturated rings. The molecule has 2 atom stereocenters. The zero-order valence-corrected chi connectivity index (χ0v) is 19.8. The Kier molecular flexibility index (Phi) is 6.73. The molecule has 2 amide bonds. The molecular weight excluding hydrogens is 420 g/mol. The third kappa shape index (κ3) is 5.21. The smallest absolute Gasteiger partial charge is 0.245 e. The van der Waals surface area contributed by atoms with Gasteiger partial charge in [-0.3, -0.25) is 9.59 Å². The molecule has 1 saturated carbocycles. The minimum Gasteiger partial charge on any atom is -0.473 e. The van der Waals surface area contributed by atoms with Crippen molar-refractivity contribution in [2.75, 3.05) is 25.0 Å². The van der Waals surface area contributed by atoms with Gasteiger partial charge in [-0.05, 0) is 43.9 Å². The molecule has 0 spiro atoms. The quantitative estimate of drug-likeness (QED) is 0.701. The van der Waals surface area contributed by atoms with E-state index in [2.05, 4.69) is 26.7 Å². The number of amides is 2. The van der Waals surface area contributed by atoms with Crippen LogP contribution >= 0.6 is 0 Å². The summed E-state index contributed by atoms with van der Waals surface area (Å²) in [5.74, 6) is 0.160. The van der Waals surface area contributed by atoms with Crippen LogP contribution in [0.1, 0.15) is 70.9 Å². The van der Waals surface area contributed by atoms with Crippen LogP contribution < -0.4 is 15.4 Å². The van der Waals surface area contributed by atoms with E-state index in [0.29, 0.717) is 49.9 Å². The van der Waals surface area contributed by atoms with Gasteiger partial charge in [0.25, 0.3) is 0 Å². The number of nitrogens with zero attached hydrogens (tertiary/aromatic N) is 4. The number of likely N-dealkylation sites (tertiary alicyclic amines) is 1. The fourth-order valence-corrected chi connectivity index (χ4v) is 4.81. The summed E-state index contributed by atoms with van der Waals surface area (Å²) in [5.41, 5.74) is 0.102. The Labute approximate surface area is 195 Å². The maximum atomic E-state index is 13.3. The van der Waals surface area contributed by atoms with Gasteiger partial charge in [0, 0.05) is 25.6 Å². The van der Waals surface area contributed by atoms with Crippen molar-refractivity contribution in [2.24, 2.45) is 11.3 Å². The van der Waals surface area contributed by atoms with Crippen LogP contribution in [0.2, 0.25) is 0 Å². The number of ether oxygens (including phenoxy) is 1. The topological polar surface area (TPSA) is 120 Å². The van der Waals surface area contributed by atoms with Gasteiger partial charge in [-0.15, -0.1) is 0 Å². The van der Waals surface area contributed by atoms with E-state index in [4.69, 9.17) is 10.00 Å². The Morgan fingerprint density at radius 1 is 1.24 bits per heavy atom. The third-order valence-electron chi connectivity index (χ3n) is 6.88. The van der Waals surface area contributed by atoms with Gasteiger partial charge < -0.3 is 20.3 Å². The Balaban J connectivity index is 1.46. The molecule has 9 heteroatoms. The molecule has 33 heavy (non-hydrogen) atoms. The van der Waals surface area contributed by atoms with E-state index < -0.39 is 17.4 Å². The highest BCUT2D eigenvalue weighted by molar-refractivity contribution is 5.92. The summed E-state index contributed by atoms with van der Waals surface area (Å²) in [7, 11) is 0. The number of carbonyl (C=O) groups excluding carboxylic acids is 2. The lowest BCUT2D eigenvalue weighted by Gasteiger charge is -2.37. The molecule has 0 bridgehead atoms. The van der Waals surface area contributed by atoms with E-state index in [1.54, 1.807) is 11.1 Å². The number of hydrogen-bond acceptors (Lipinski definition) is 7. The van der Waals surface area contributed by atoms with Crippen molar-refractivity contribution in [3.63, 3.8) is 0 Å². The fourth-order valence-electron chi connectivity index (χ4n) is 4.81. The lowest BCUT2D eigenvalue weighted by Crippen LogP contribution is -2.56. The van der Waals surface area contributed by atoms with Crippen LogP contribution in [0.4, 0.5) is 5.82 Å².